The number of alkyl halides is 3. The first-order valence-corrected chi connectivity index (χ1v) is 11.9. The molecule has 0 saturated carbocycles. The van der Waals surface area contributed by atoms with E-state index in [1.807, 2.05) is 24.3 Å². The summed E-state index contributed by atoms with van der Waals surface area (Å²) >= 11 is 1.55. The minimum absolute atomic E-state index is 0.168. The third-order valence-corrected chi connectivity index (χ3v) is 6.56. The van der Waals surface area contributed by atoms with Crippen LogP contribution in [0.4, 0.5) is 18.9 Å². The lowest BCUT2D eigenvalue weighted by Crippen LogP contribution is -2.23. The standard InChI is InChI=1S/C26H22F3NO4S/c1-2-33-24(31)15-34-20-6-3-5-17(13-20)16-35-23-8-4-7-21-22(23)14-30(25(21)32)19-11-9-18(10-12-19)26(27,28)29/h3-13H,2,14-16H2,1H3. The molecule has 0 aliphatic carbocycles. The Hall–Kier alpha value is -3.46. The number of hydrogen-bond acceptors (Lipinski definition) is 5. The van der Waals surface area contributed by atoms with Gasteiger partial charge in [-0.05, 0) is 66.6 Å². The topological polar surface area (TPSA) is 55.8 Å². The van der Waals surface area contributed by atoms with Crippen molar-refractivity contribution in [2.45, 2.75) is 30.3 Å². The molecule has 1 aliphatic heterocycles. The molecule has 1 heterocycles. The molecule has 0 radical (unpaired) electrons. The van der Waals surface area contributed by atoms with Gasteiger partial charge in [0.15, 0.2) is 6.61 Å². The molecule has 3 aromatic rings. The summed E-state index contributed by atoms with van der Waals surface area (Å²) in [6.45, 7) is 2.13. The predicted molar refractivity (Wildman–Crippen MR) is 127 cm³/mol. The first kappa shape index (κ1) is 24.7. The van der Waals surface area contributed by atoms with Crippen molar-refractivity contribution in [2.75, 3.05) is 18.1 Å². The van der Waals surface area contributed by atoms with Gasteiger partial charge in [-0.3, -0.25) is 4.79 Å². The molecule has 0 atom stereocenters. The molecule has 0 aromatic heterocycles. The zero-order valence-electron chi connectivity index (χ0n) is 18.8. The van der Waals surface area contributed by atoms with Crippen molar-refractivity contribution in [3.05, 3.63) is 89.0 Å². The van der Waals surface area contributed by atoms with E-state index in [0.717, 1.165) is 28.2 Å². The van der Waals surface area contributed by atoms with E-state index in [-0.39, 0.29) is 19.1 Å². The molecule has 9 heteroatoms. The maximum atomic E-state index is 13.0. The van der Waals surface area contributed by atoms with E-state index in [4.69, 9.17) is 9.47 Å². The van der Waals surface area contributed by atoms with Crippen LogP contribution in [0.25, 0.3) is 0 Å². The molecule has 0 unspecified atom stereocenters. The predicted octanol–water partition coefficient (Wildman–Crippen LogP) is 6.10. The van der Waals surface area contributed by atoms with E-state index in [9.17, 15) is 22.8 Å². The van der Waals surface area contributed by atoms with Crippen molar-refractivity contribution in [2.24, 2.45) is 0 Å². The second kappa shape index (κ2) is 10.4. The lowest BCUT2D eigenvalue weighted by Gasteiger charge is -2.17. The second-order valence-electron chi connectivity index (χ2n) is 7.75. The van der Waals surface area contributed by atoms with Gasteiger partial charge in [0.25, 0.3) is 5.91 Å². The van der Waals surface area contributed by atoms with Gasteiger partial charge in [0.1, 0.15) is 5.75 Å². The number of ether oxygens (including phenoxy) is 2. The van der Waals surface area contributed by atoms with Crippen LogP contribution in [0.1, 0.15) is 34.0 Å². The van der Waals surface area contributed by atoms with Crippen LogP contribution in [-0.4, -0.2) is 25.1 Å². The van der Waals surface area contributed by atoms with Crippen molar-refractivity contribution >= 4 is 29.3 Å². The van der Waals surface area contributed by atoms with Crippen LogP contribution in [-0.2, 0) is 28.0 Å². The molecule has 0 N–H and O–H groups in total. The maximum Gasteiger partial charge on any atom is 0.416 e. The SMILES string of the molecule is CCOC(=O)COc1cccc(CSc2cccc3c2CN(c2ccc(C(F)(F)F)cc2)C3=O)c1. The van der Waals surface area contributed by atoms with Crippen LogP contribution in [0.15, 0.2) is 71.6 Å². The number of thioether (sulfide) groups is 1. The summed E-state index contributed by atoms with van der Waals surface area (Å²) in [7, 11) is 0. The van der Waals surface area contributed by atoms with E-state index in [2.05, 4.69) is 0 Å². The number of esters is 1. The summed E-state index contributed by atoms with van der Waals surface area (Å²) in [5.41, 5.74) is 2.02. The van der Waals surface area contributed by atoms with Crippen molar-refractivity contribution in [3.63, 3.8) is 0 Å². The van der Waals surface area contributed by atoms with Gasteiger partial charge in [0, 0.05) is 21.9 Å². The molecule has 182 valence electrons. The molecular formula is C26H22F3NO4S. The number of halogens is 3. The quantitative estimate of drug-likeness (QED) is 0.276. The lowest BCUT2D eigenvalue weighted by molar-refractivity contribution is -0.145. The Morgan fingerprint density at radius 3 is 2.51 bits per heavy atom. The normalized spacial score (nSPS) is 13.0. The molecule has 1 aliphatic rings. The van der Waals surface area contributed by atoms with Crippen molar-refractivity contribution in [1.29, 1.82) is 0 Å². The molecular weight excluding hydrogens is 479 g/mol. The fourth-order valence-electron chi connectivity index (χ4n) is 3.71. The Kier molecular flexibility index (Phi) is 7.35. The average molecular weight is 502 g/mol. The van der Waals surface area contributed by atoms with Gasteiger partial charge in [-0.25, -0.2) is 4.79 Å². The Morgan fingerprint density at radius 1 is 1.06 bits per heavy atom. The average Bonchev–Trinajstić information content (AvgIpc) is 3.18. The Bertz CT molecular complexity index is 1230. The monoisotopic (exact) mass is 501 g/mol. The van der Waals surface area contributed by atoms with E-state index in [0.29, 0.717) is 29.4 Å². The van der Waals surface area contributed by atoms with Crippen LogP contribution >= 0.6 is 11.8 Å². The highest BCUT2D eigenvalue weighted by Crippen LogP contribution is 2.37. The molecule has 0 spiro atoms. The smallest absolute Gasteiger partial charge is 0.416 e. The number of anilines is 1. The summed E-state index contributed by atoms with van der Waals surface area (Å²) in [6.07, 6.45) is -4.43. The molecule has 0 fully saturated rings. The summed E-state index contributed by atoms with van der Waals surface area (Å²) in [5.74, 6) is 0.478. The zero-order valence-corrected chi connectivity index (χ0v) is 19.6. The number of amides is 1. The number of fused-ring (bicyclic) bond motifs is 1. The van der Waals surface area contributed by atoms with E-state index < -0.39 is 17.7 Å². The first-order valence-electron chi connectivity index (χ1n) is 10.9. The third kappa shape index (κ3) is 5.79. The maximum absolute atomic E-state index is 13.0. The van der Waals surface area contributed by atoms with Crippen molar-refractivity contribution in [1.82, 2.24) is 0 Å². The number of benzene rings is 3. The number of hydrogen-bond donors (Lipinski definition) is 0. The molecule has 35 heavy (non-hydrogen) atoms. The van der Waals surface area contributed by atoms with Crippen LogP contribution in [0.3, 0.4) is 0 Å². The van der Waals surface area contributed by atoms with Gasteiger partial charge in [-0.2, -0.15) is 13.2 Å². The Balaban J connectivity index is 1.45. The summed E-state index contributed by atoms with van der Waals surface area (Å²) in [6, 6.07) is 17.4. The fourth-order valence-corrected chi connectivity index (χ4v) is 4.73. The molecule has 0 bridgehead atoms. The van der Waals surface area contributed by atoms with Crippen molar-refractivity contribution in [3.8, 4) is 5.75 Å². The van der Waals surface area contributed by atoms with Crippen LogP contribution in [0, 0.1) is 0 Å². The highest BCUT2D eigenvalue weighted by atomic mass is 32.2. The van der Waals surface area contributed by atoms with Gasteiger partial charge in [0.05, 0.1) is 18.7 Å². The van der Waals surface area contributed by atoms with Crippen molar-refractivity contribution < 1.29 is 32.2 Å². The van der Waals surface area contributed by atoms with Gasteiger partial charge >= 0.3 is 12.1 Å². The van der Waals surface area contributed by atoms with Gasteiger partial charge in [0.2, 0.25) is 0 Å². The number of rotatable bonds is 8. The number of carbonyl (C=O) groups excluding carboxylic acids is 2. The minimum atomic E-state index is -4.43. The Labute approximate surface area is 204 Å². The van der Waals surface area contributed by atoms with E-state index in [1.54, 1.807) is 36.9 Å². The molecule has 3 aromatic carbocycles. The highest BCUT2D eigenvalue weighted by molar-refractivity contribution is 7.98. The molecule has 4 rings (SSSR count). The lowest BCUT2D eigenvalue weighted by atomic mass is 10.1. The van der Waals surface area contributed by atoms with Crippen LogP contribution in [0.2, 0.25) is 0 Å². The van der Waals surface area contributed by atoms with Gasteiger partial charge in [-0.1, -0.05) is 18.2 Å². The second-order valence-corrected chi connectivity index (χ2v) is 8.77. The minimum Gasteiger partial charge on any atom is -0.482 e. The highest BCUT2D eigenvalue weighted by Gasteiger charge is 2.33. The largest absolute Gasteiger partial charge is 0.482 e. The molecule has 0 saturated heterocycles. The Morgan fingerprint density at radius 2 is 1.80 bits per heavy atom. The summed E-state index contributed by atoms with van der Waals surface area (Å²) < 4.78 is 49.0. The van der Waals surface area contributed by atoms with E-state index in [1.165, 1.54) is 17.0 Å². The fraction of sp³-hybridized carbons (Fsp3) is 0.231. The number of nitrogens with zero attached hydrogens (tertiary/aromatic N) is 1. The van der Waals surface area contributed by atoms with Gasteiger partial charge in [-0.15, -0.1) is 11.8 Å². The molecule has 1 amide bonds. The zero-order chi connectivity index (χ0) is 25.0. The third-order valence-electron chi connectivity index (χ3n) is 5.39. The summed E-state index contributed by atoms with van der Waals surface area (Å²) in [5, 5.41) is 0. The molecule has 5 nitrogen and oxygen atoms in total. The van der Waals surface area contributed by atoms with Crippen LogP contribution in [0.5, 0.6) is 5.75 Å². The van der Waals surface area contributed by atoms with Gasteiger partial charge < -0.3 is 14.4 Å². The number of carbonyl (C=O) groups is 2. The van der Waals surface area contributed by atoms with E-state index >= 15 is 0 Å². The summed E-state index contributed by atoms with van der Waals surface area (Å²) in [4.78, 5) is 26.9. The first-order chi connectivity index (χ1) is 16.8. The van der Waals surface area contributed by atoms with Crippen LogP contribution < -0.4 is 9.64 Å².